The van der Waals surface area contributed by atoms with Gasteiger partial charge in [0, 0.05) is 25.8 Å². The molecule has 2 N–H and O–H groups in total. The van der Waals surface area contributed by atoms with Gasteiger partial charge in [-0.05, 0) is 57.8 Å². The topological polar surface area (TPSA) is 66.4 Å². The van der Waals surface area contributed by atoms with Crippen molar-refractivity contribution in [2.45, 2.75) is 302 Å². The van der Waals surface area contributed by atoms with E-state index in [0.29, 0.717) is 18.7 Å². The number of nitrogens with one attached hydrogen (secondary N) is 1. The maximum atomic E-state index is 12.2. The summed E-state index contributed by atoms with van der Waals surface area (Å²) in [5, 5.41) is 13.2. The molecule has 1 amide bonds. The molecular formula is C54H103NO3. The second kappa shape index (κ2) is 49.9. The predicted octanol–water partition coefficient (Wildman–Crippen LogP) is 17.3. The Labute approximate surface area is 363 Å². The number of carbonyl (C=O) groups is 2. The van der Waals surface area contributed by atoms with Gasteiger partial charge in [-0.3, -0.25) is 9.59 Å². The van der Waals surface area contributed by atoms with Crippen LogP contribution >= 0.6 is 0 Å². The van der Waals surface area contributed by atoms with Crippen LogP contribution in [-0.2, 0) is 9.59 Å². The van der Waals surface area contributed by atoms with E-state index in [1.807, 2.05) is 0 Å². The molecule has 0 heterocycles. The lowest BCUT2D eigenvalue weighted by Gasteiger charge is -2.12. The first kappa shape index (κ1) is 56.6. The summed E-state index contributed by atoms with van der Waals surface area (Å²) in [4.78, 5) is 24.4. The largest absolute Gasteiger partial charge is 0.391 e. The number of Topliss-reactive ketones (excluding diaryl/α,β-unsaturated/α-hetero) is 1. The first-order valence-corrected chi connectivity index (χ1v) is 26.4. The van der Waals surface area contributed by atoms with E-state index in [1.165, 1.54) is 218 Å². The number of allylic oxidation sites excluding steroid dienone is 4. The predicted molar refractivity (Wildman–Crippen MR) is 257 cm³/mol. The molecule has 0 aliphatic carbocycles. The van der Waals surface area contributed by atoms with Crippen molar-refractivity contribution in [3.8, 4) is 0 Å². The zero-order valence-electron chi connectivity index (χ0n) is 39.5. The highest BCUT2D eigenvalue weighted by Gasteiger charge is 2.07. The van der Waals surface area contributed by atoms with Crippen LogP contribution in [0.25, 0.3) is 0 Å². The summed E-state index contributed by atoms with van der Waals surface area (Å²) in [5.74, 6) is 0.588. The number of unbranched alkanes of at least 4 members (excludes halogenated alkanes) is 35. The molecule has 0 saturated heterocycles. The van der Waals surface area contributed by atoms with Crippen LogP contribution in [0, 0.1) is 0 Å². The highest BCUT2D eigenvalue weighted by molar-refractivity contribution is 5.78. The van der Waals surface area contributed by atoms with E-state index < -0.39 is 6.10 Å². The van der Waals surface area contributed by atoms with Gasteiger partial charge in [-0.15, -0.1) is 0 Å². The minimum absolute atomic E-state index is 0.102. The Bertz CT molecular complexity index is 882. The Morgan fingerprint density at radius 1 is 0.397 bits per heavy atom. The average Bonchev–Trinajstić information content (AvgIpc) is 3.22. The monoisotopic (exact) mass is 814 g/mol. The fraction of sp³-hybridized carbons (Fsp3) is 0.889. The third-order valence-corrected chi connectivity index (χ3v) is 12.2. The minimum atomic E-state index is -0.401. The minimum Gasteiger partial charge on any atom is -0.391 e. The van der Waals surface area contributed by atoms with Crippen molar-refractivity contribution >= 4 is 11.7 Å². The first-order valence-electron chi connectivity index (χ1n) is 26.4. The second-order valence-electron chi connectivity index (χ2n) is 18.2. The number of hydrogen-bond acceptors (Lipinski definition) is 3. The molecule has 0 aromatic carbocycles. The van der Waals surface area contributed by atoms with Crippen molar-refractivity contribution in [1.29, 1.82) is 0 Å². The van der Waals surface area contributed by atoms with Gasteiger partial charge in [0.15, 0.2) is 0 Å². The number of aliphatic hydroxyl groups is 1. The van der Waals surface area contributed by atoms with Gasteiger partial charge in [0.05, 0.1) is 6.10 Å². The number of carbonyl (C=O) groups excluding carboxylic acids is 2. The molecule has 4 nitrogen and oxygen atoms in total. The molecule has 0 aromatic rings. The van der Waals surface area contributed by atoms with Gasteiger partial charge < -0.3 is 10.4 Å². The smallest absolute Gasteiger partial charge is 0.220 e. The number of hydrogen-bond donors (Lipinski definition) is 2. The molecule has 0 rings (SSSR count). The van der Waals surface area contributed by atoms with Crippen LogP contribution in [0.5, 0.6) is 0 Å². The van der Waals surface area contributed by atoms with Crippen LogP contribution < -0.4 is 5.32 Å². The molecule has 0 fully saturated rings. The number of amides is 1. The van der Waals surface area contributed by atoms with Crippen LogP contribution in [-0.4, -0.2) is 29.4 Å². The fourth-order valence-corrected chi connectivity index (χ4v) is 8.16. The first-order chi connectivity index (χ1) is 28.6. The zero-order valence-corrected chi connectivity index (χ0v) is 39.5. The van der Waals surface area contributed by atoms with Crippen molar-refractivity contribution in [1.82, 2.24) is 5.32 Å². The van der Waals surface area contributed by atoms with Crippen molar-refractivity contribution in [2.24, 2.45) is 0 Å². The molecule has 0 aliphatic rings. The lowest BCUT2D eigenvalue weighted by atomic mass is 10.0. The average molecular weight is 814 g/mol. The Morgan fingerprint density at radius 2 is 0.707 bits per heavy atom. The third kappa shape index (κ3) is 48.9. The van der Waals surface area contributed by atoms with E-state index in [1.54, 1.807) is 0 Å². The quantitative estimate of drug-likeness (QED) is 0.0475. The molecular weight excluding hydrogens is 711 g/mol. The lowest BCUT2D eigenvalue weighted by Crippen LogP contribution is -2.31. The van der Waals surface area contributed by atoms with Crippen molar-refractivity contribution < 1.29 is 14.7 Å². The Balaban J connectivity index is 3.32. The molecule has 0 radical (unpaired) electrons. The SMILES string of the molecule is CCCCCC=CCC=CCCCCCCCC(=O)CCCCCCCCCCCCCCCC(=O)NC[C@H](O)CCCCCCCCCCCCCCCCCC. The van der Waals surface area contributed by atoms with E-state index in [9.17, 15) is 14.7 Å². The summed E-state index contributed by atoms with van der Waals surface area (Å²) in [5.41, 5.74) is 0. The van der Waals surface area contributed by atoms with E-state index in [2.05, 4.69) is 43.5 Å². The van der Waals surface area contributed by atoms with Gasteiger partial charge in [-0.25, -0.2) is 0 Å². The van der Waals surface area contributed by atoms with Gasteiger partial charge in [-0.2, -0.15) is 0 Å². The standard InChI is InChI=1S/C54H103NO3/c1-3-5-7-9-11-13-15-17-19-21-24-29-33-37-41-45-49-53(57)51-55-54(58)50-46-42-38-34-30-26-22-25-28-32-36-40-44-48-52(56)47-43-39-35-31-27-23-20-18-16-14-12-10-8-6-4-2/h12,14,18,20,53,57H,3-11,13,15-17,19,21-51H2,1-2H3,(H,55,58)/t53-/m1/s1. The highest BCUT2D eigenvalue weighted by atomic mass is 16.3. The van der Waals surface area contributed by atoms with Crippen molar-refractivity contribution in [3.05, 3.63) is 24.3 Å². The molecule has 0 unspecified atom stereocenters. The molecule has 0 bridgehead atoms. The highest BCUT2D eigenvalue weighted by Crippen LogP contribution is 2.17. The van der Waals surface area contributed by atoms with Crippen LogP contribution in [0.4, 0.5) is 0 Å². The van der Waals surface area contributed by atoms with Gasteiger partial charge in [0.2, 0.25) is 5.91 Å². The van der Waals surface area contributed by atoms with Gasteiger partial charge >= 0.3 is 0 Å². The van der Waals surface area contributed by atoms with E-state index >= 15 is 0 Å². The Hall–Kier alpha value is -1.42. The molecule has 1 atom stereocenters. The van der Waals surface area contributed by atoms with Crippen molar-refractivity contribution in [2.75, 3.05) is 6.54 Å². The summed E-state index contributed by atoms with van der Waals surface area (Å²) >= 11 is 0. The zero-order chi connectivity index (χ0) is 42.1. The second-order valence-corrected chi connectivity index (χ2v) is 18.2. The summed E-state index contributed by atoms with van der Waals surface area (Å²) in [6, 6.07) is 0. The van der Waals surface area contributed by atoms with Gasteiger partial charge in [-0.1, -0.05) is 244 Å². The summed E-state index contributed by atoms with van der Waals surface area (Å²) in [6.45, 7) is 4.95. The number of aliphatic hydroxyl groups excluding tert-OH is 1. The number of ketones is 1. The Kier molecular flexibility index (Phi) is 48.7. The van der Waals surface area contributed by atoms with Crippen LogP contribution in [0.1, 0.15) is 296 Å². The number of rotatable bonds is 49. The molecule has 0 aromatic heterocycles. The third-order valence-electron chi connectivity index (χ3n) is 12.2. The normalized spacial score (nSPS) is 12.3. The lowest BCUT2D eigenvalue weighted by molar-refractivity contribution is -0.121. The van der Waals surface area contributed by atoms with Crippen LogP contribution in [0.2, 0.25) is 0 Å². The molecule has 342 valence electrons. The maximum Gasteiger partial charge on any atom is 0.220 e. The summed E-state index contributed by atoms with van der Waals surface area (Å²) in [7, 11) is 0. The molecule has 4 heteroatoms. The maximum absolute atomic E-state index is 12.2. The van der Waals surface area contributed by atoms with Crippen LogP contribution in [0.3, 0.4) is 0 Å². The molecule has 0 aliphatic heterocycles. The Morgan fingerprint density at radius 3 is 1.12 bits per heavy atom. The van der Waals surface area contributed by atoms with E-state index in [4.69, 9.17) is 0 Å². The fourth-order valence-electron chi connectivity index (χ4n) is 8.16. The van der Waals surface area contributed by atoms with Crippen molar-refractivity contribution in [3.63, 3.8) is 0 Å². The van der Waals surface area contributed by atoms with E-state index in [0.717, 1.165) is 57.8 Å². The molecule has 0 saturated carbocycles. The summed E-state index contributed by atoms with van der Waals surface area (Å²) < 4.78 is 0. The van der Waals surface area contributed by atoms with Crippen LogP contribution in [0.15, 0.2) is 24.3 Å². The summed E-state index contributed by atoms with van der Waals surface area (Å²) in [6.07, 6.45) is 63.4. The molecule has 58 heavy (non-hydrogen) atoms. The van der Waals surface area contributed by atoms with Gasteiger partial charge in [0.25, 0.3) is 0 Å². The van der Waals surface area contributed by atoms with E-state index in [-0.39, 0.29) is 5.91 Å². The van der Waals surface area contributed by atoms with Gasteiger partial charge in [0.1, 0.15) is 5.78 Å². The molecule has 0 spiro atoms.